The van der Waals surface area contributed by atoms with E-state index in [4.69, 9.17) is 13.8 Å². The summed E-state index contributed by atoms with van der Waals surface area (Å²) < 4.78 is 26.7. The van der Waals surface area contributed by atoms with Gasteiger partial charge in [0.25, 0.3) is 0 Å². The zero-order valence-corrected chi connectivity index (χ0v) is 33.5. The topological polar surface area (TPSA) is 131 Å². The first-order chi connectivity index (χ1) is 24.3. The number of unbranched alkanes of at least 4 members (excludes halogenated alkanes) is 27. The third-order valence-corrected chi connectivity index (χ3v) is 10.3. The van der Waals surface area contributed by atoms with Crippen LogP contribution in [0.3, 0.4) is 0 Å². The van der Waals surface area contributed by atoms with Gasteiger partial charge in [0.2, 0.25) is 5.91 Å². The van der Waals surface area contributed by atoms with E-state index in [1.807, 2.05) is 0 Å². The number of aliphatic hydroxyl groups excluding tert-OH is 1. The average molecular weight is 734 g/mol. The number of rotatable bonds is 40. The van der Waals surface area contributed by atoms with Gasteiger partial charge in [-0.15, -0.1) is 0 Å². The van der Waals surface area contributed by atoms with Crippen LogP contribution in [0.15, 0.2) is 0 Å². The van der Waals surface area contributed by atoms with Crippen molar-refractivity contribution in [1.29, 1.82) is 0 Å². The van der Waals surface area contributed by atoms with Crippen molar-refractivity contribution in [1.82, 2.24) is 5.32 Å². The van der Waals surface area contributed by atoms with Crippen molar-refractivity contribution in [2.45, 2.75) is 219 Å². The van der Waals surface area contributed by atoms with Gasteiger partial charge in [-0.3, -0.25) is 18.6 Å². The number of phosphoric acid groups is 1. The SMILES string of the molecule is CCCCCCCCCCCCCCCCCCCCCCCC(=O)NCCOP(=O)(O)OCC(O)COC(=O)CCCCCCCCCC. The van der Waals surface area contributed by atoms with Gasteiger partial charge in [-0.25, -0.2) is 4.57 Å². The number of hydrogen-bond donors (Lipinski definition) is 3. The molecule has 0 heterocycles. The van der Waals surface area contributed by atoms with Gasteiger partial charge in [-0.2, -0.15) is 0 Å². The largest absolute Gasteiger partial charge is 0.472 e. The van der Waals surface area contributed by atoms with Crippen molar-refractivity contribution >= 4 is 19.7 Å². The minimum Gasteiger partial charge on any atom is -0.463 e. The summed E-state index contributed by atoms with van der Waals surface area (Å²) in [4.78, 5) is 33.7. The van der Waals surface area contributed by atoms with Gasteiger partial charge in [-0.1, -0.05) is 187 Å². The first-order valence-electron chi connectivity index (χ1n) is 21.0. The summed E-state index contributed by atoms with van der Waals surface area (Å²) in [5.41, 5.74) is 0. The molecule has 9 nitrogen and oxygen atoms in total. The summed E-state index contributed by atoms with van der Waals surface area (Å²) in [5, 5.41) is 12.6. The van der Waals surface area contributed by atoms with Crippen LogP contribution >= 0.6 is 7.82 Å². The molecule has 0 aliphatic carbocycles. The lowest BCUT2D eigenvalue weighted by molar-refractivity contribution is -0.147. The van der Waals surface area contributed by atoms with Crippen molar-refractivity contribution in [3.05, 3.63) is 0 Å². The molecule has 2 unspecified atom stereocenters. The van der Waals surface area contributed by atoms with E-state index in [2.05, 4.69) is 19.2 Å². The lowest BCUT2D eigenvalue weighted by atomic mass is 10.0. The van der Waals surface area contributed by atoms with Crippen molar-refractivity contribution in [3.8, 4) is 0 Å². The molecule has 3 N–H and O–H groups in total. The van der Waals surface area contributed by atoms with Crippen LogP contribution in [0, 0.1) is 0 Å². The van der Waals surface area contributed by atoms with Gasteiger partial charge < -0.3 is 20.1 Å². The van der Waals surface area contributed by atoms with Gasteiger partial charge in [0.15, 0.2) is 0 Å². The molecule has 0 fully saturated rings. The Hall–Kier alpha value is -0.990. The molecule has 0 aromatic heterocycles. The molecule has 0 radical (unpaired) electrons. The molecule has 298 valence electrons. The Bertz CT molecular complexity index is 799. The smallest absolute Gasteiger partial charge is 0.463 e. The van der Waals surface area contributed by atoms with Crippen LogP contribution in [0.2, 0.25) is 0 Å². The van der Waals surface area contributed by atoms with E-state index in [-0.39, 0.29) is 32.1 Å². The molecular weight excluding hydrogens is 653 g/mol. The van der Waals surface area contributed by atoms with Crippen LogP contribution in [-0.2, 0) is 27.9 Å². The maximum atomic E-state index is 12.1. The Morgan fingerprint density at radius 2 is 0.900 bits per heavy atom. The molecule has 10 heteroatoms. The maximum absolute atomic E-state index is 12.1. The Morgan fingerprint density at radius 1 is 0.540 bits per heavy atom. The van der Waals surface area contributed by atoms with Gasteiger partial charge in [0.1, 0.15) is 12.7 Å². The fraction of sp³-hybridized carbons (Fsp3) is 0.950. The summed E-state index contributed by atoms with van der Waals surface area (Å²) in [7, 11) is -4.40. The fourth-order valence-corrected chi connectivity index (χ4v) is 6.84. The molecule has 0 bridgehead atoms. The van der Waals surface area contributed by atoms with Gasteiger partial charge in [0.05, 0.1) is 13.2 Å². The van der Waals surface area contributed by atoms with Crippen molar-refractivity contribution < 1.29 is 37.9 Å². The lowest BCUT2D eigenvalue weighted by Gasteiger charge is -2.15. The van der Waals surface area contributed by atoms with Crippen molar-refractivity contribution in [3.63, 3.8) is 0 Å². The predicted octanol–water partition coefficient (Wildman–Crippen LogP) is 11.3. The average Bonchev–Trinajstić information content (AvgIpc) is 3.10. The first kappa shape index (κ1) is 49.0. The molecule has 0 aliphatic rings. The minimum absolute atomic E-state index is 0.0882. The van der Waals surface area contributed by atoms with Crippen LogP contribution in [0.5, 0.6) is 0 Å². The molecule has 0 aliphatic heterocycles. The van der Waals surface area contributed by atoms with E-state index in [0.717, 1.165) is 38.5 Å². The minimum atomic E-state index is -4.40. The third-order valence-electron chi connectivity index (χ3n) is 9.29. The Labute approximate surface area is 307 Å². The number of carbonyl (C=O) groups excluding carboxylic acids is 2. The Balaban J connectivity index is 3.50. The van der Waals surface area contributed by atoms with Gasteiger partial charge >= 0.3 is 13.8 Å². The predicted molar refractivity (Wildman–Crippen MR) is 206 cm³/mol. The Morgan fingerprint density at radius 3 is 1.30 bits per heavy atom. The second-order valence-electron chi connectivity index (χ2n) is 14.3. The molecular formula is C40H80NO8P. The molecule has 0 saturated heterocycles. The van der Waals surface area contributed by atoms with Crippen LogP contribution in [0.25, 0.3) is 0 Å². The van der Waals surface area contributed by atoms with E-state index in [1.54, 1.807) is 0 Å². The highest BCUT2D eigenvalue weighted by Gasteiger charge is 2.23. The number of carbonyl (C=O) groups is 2. The third kappa shape index (κ3) is 38.2. The molecule has 0 aromatic rings. The fourth-order valence-electron chi connectivity index (χ4n) is 6.09. The van der Waals surface area contributed by atoms with E-state index < -0.39 is 26.5 Å². The summed E-state index contributed by atoms with van der Waals surface area (Å²) >= 11 is 0. The number of esters is 1. The first-order valence-corrected chi connectivity index (χ1v) is 22.5. The number of hydrogen-bond acceptors (Lipinski definition) is 7. The maximum Gasteiger partial charge on any atom is 0.472 e. The zero-order chi connectivity index (χ0) is 36.8. The standard InChI is InChI=1S/C40H80NO8P/c1-3-5-7-9-11-13-14-15-16-17-18-19-20-21-22-23-24-25-26-28-30-32-39(43)41-34-35-48-50(45,46)49-37-38(42)36-47-40(44)33-31-29-27-12-10-8-6-4-2/h38,42H,3-37H2,1-2H3,(H,41,43)(H,45,46). The summed E-state index contributed by atoms with van der Waals surface area (Å²) in [5.74, 6) is -0.510. The zero-order valence-electron chi connectivity index (χ0n) is 32.6. The normalized spacial score (nSPS) is 13.3. The number of amides is 1. The molecule has 50 heavy (non-hydrogen) atoms. The van der Waals surface area contributed by atoms with Gasteiger partial charge in [-0.05, 0) is 12.8 Å². The molecule has 0 spiro atoms. The molecule has 0 saturated carbocycles. The highest BCUT2D eigenvalue weighted by molar-refractivity contribution is 7.47. The summed E-state index contributed by atoms with van der Waals surface area (Å²) in [6.45, 7) is 3.54. The van der Waals surface area contributed by atoms with E-state index in [1.165, 1.54) is 148 Å². The second-order valence-corrected chi connectivity index (χ2v) is 15.8. The van der Waals surface area contributed by atoms with Crippen LogP contribution < -0.4 is 5.32 Å². The molecule has 0 aromatic carbocycles. The summed E-state index contributed by atoms with van der Waals surface area (Å²) in [6, 6.07) is 0. The van der Waals surface area contributed by atoms with E-state index in [0.29, 0.717) is 6.42 Å². The Kier molecular flexibility index (Phi) is 37.0. The molecule has 2 atom stereocenters. The highest BCUT2D eigenvalue weighted by atomic mass is 31.2. The highest BCUT2D eigenvalue weighted by Crippen LogP contribution is 2.42. The van der Waals surface area contributed by atoms with E-state index in [9.17, 15) is 24.2 Å². The van der Waals surface area contributed by atoms with Crippen LogP contribution in [-0.4, -0.2) is 54.3 Å². The number of phosphoric ester groups is 1. The van der Waals surface area contributed by atoms with Crippen LogP contribution in [0.1, 0.15) is 213 Å². The number of ether oxygens (including phenoxy) is 1. The van der Waals surface area contributed by atoms with Gasteiger partial charge in [0, 0.05) is 19.4 Å². The van der Waals surface area contributed by atoms with E-state index >= 15 is 0 Å². The molecule has 1 amide bonds. The number of aliphatic hydroxyl groups is 1. The monoisotopic (exact) mass is 734 g/mol. The lowest BCUT2D eigenvalue weighted by Crippen LogP contribution is -2.27. The van der Waals surface area contributed by atoms with Crippen LogP contribution in [0.4, 0.5) is 0 Å². The quantitative estimate of drug-likeness (QED) is 0.0322. The van der Waals surface area contributed by atoms with Crippen molar-refractivity contribution in [2.75, 3.05) is 26.4 Å². The summed E-state index contributed by atoms with van der Waals surface area (Å²) in [6.07, 6.45) is 36.3. The molecule has 0 rings (SSSR count). The van der Waals surface area contributed by atoms with Crippen molar-refractivity contribution in [2.24, 2.45) is 0 Å². The second kappa shape index (κ2) is 37.8. The number of nitrogens with one attached hydrogen (secondary N) is 1.